The summed E-state index contributed by atoms with van der Waals surface area (Å²) in [6.07, 6.45) is 0. The highest BCUT2D eigenvalue weighted by Gasteiger charge is 2.52. The largest absolute Gasteiger partial charge is 0.709 e. The zero-order chi connectivity index (χ0) is 16.8. The summed E-state index contributed by atoms with van der Waals surface area (Å²) in [6, 6.07) is 6.80. The lowest BCUT2D eigenvalue weighted by molar-refractivity contribution is -0.147. The Bertz CT molecular complexity index is 512. The van der Waals surface area contributed by atoms with Gasteiger partial charge in [-0.3, -0.25) is 14.4 Å². The van der Waals surface area contributed by atoms with Crippen LogP contribution in [-0.4, -0.2) is 33.8 Å². The van der Waals surface area contributed by atoms with E-state index in [9.17, 15) is 14.4 Å². The molecule has 0 N–H and O–H groups in total. The van der Waals surface area contributed by atoms with Gasteiger partial charge in [-0.05, 0) is 17.7 Å². The molecule has 0 radical (unpaired) electrons. The van der Waals surface area contributed by atoms with Gasteiger partial charge in [0.15, 0.2) is 0 Å². The summed E-state index contributed by atoms with van der Waals surface area (Å²) in [5.41, 5.74) is 0.677. The lowest BCUT2D eigenvalue weighted by Crippen LogP contribution is -2.51. The van der Waals surface area contributed by atoms with Crippen molar-refractivity contribution >= 4 is 26.7 Å². The van der Waals surface area contributed by atoms with E-state index in [0.717, 1.165) is 20.8 Å². The first kappa shape index (κ1) is 17.7. The second-order valence-electron chi connectivity index (χ2n) is 4.49. The molecule has 0 amide bonds. The number of carbonyl (C=O) groups is 3. The number of methoxy groups -OCH3 is 1. The van der Waals surface area contributed by atoms with Crippen LogP contribution in [0, 0.1) is 0 Å². The molecule has 120 valence electrons. The summed E-state index contributed by atoms with van der Waals surface area (Å²) in [7, 11) is -2.31. The first-order valence-electron chi connectivity index (χ1n) is 6.48. The highest BCUT2D eigenvalue weighted by molar-refractivity contribution is 6.65. The van der Waals surface area contributed by atoms with E-state index in [1.54, 1.807) is 24.3 Å². The summed E-state index contributed by atoms with van der Waals surface area (Å²) < 4.78 is 20.4. The number of hydrogen-bond acceptors (Lipinski definition) is 7. The van der Waals surface area contributed by atoms with Crippen LogP contribution in [0.25, 0.3) is 0 Å². The van der Waals surface area contributed by atoms with Crippen molar-refractivity contribution in [3.05, 3.63) is 29.8 Å². The van der Waals surface area contributed by atoms with E-state index in [2.05, 4.69) is 0 Å². The third-order valence-electron chi connectivity index (χ3n) is 2.48. The molecule has 0 bridgehead atoms. The Morgan fingerprint density at radius 1 is 0.864 bits per heavy atom. The van der Waals surface area contributed by atoms with Crippen molar-refractivity contribution in [2.24, 2.45) is 0 Å². The molecule has 0 saturated heterocycles. The molecule has 7 nitrogen and oxygen atoms in total. The zero-order valence-corrected chi connectivity index (χ0v) is 13.9. The molecule has 0 unspecified atom stereocenters. The predicted octanol–water partition coefficient (Wildman–Crippen LogP) is 1.41. The van der Waals surface area contributed by atoms with Gasteiger partial charge in [-0.25, -0.2) is 0 Å². The van der Waals surface area contributed by atoms with Crippen molar-refractivity contribution in [2.75, 3.05) is 7.11 Å². The van der Waals surface area contributed by atoms with Crippen molar-refractivity contribution < 1.29 is 32.4 Å². The van der Waals surface area contributed by atoms with Crippen molar-refractivity contribution in [3.63, 3.8) is 0 Å². The van der Waals surface area contributed by atoms with Crippen molar-refractivity contribution in [1.29, 1.82) is 0 Å². The van der Waals surface area contributed by atoms with Crippen LogP contribution >= 0.6 is 0 Å². The van der Waals surface area contributed by atoms with E-state index in [1.807, 2.05) is 0 Å². The maximum atomic E-state index is 11.3. The fourth-order valence-electron chi connectivity index (χ4n) is 1.82. The minimum Gasteiger partial charge on any atom is -0.497 e. The molecule has 1 rings (SSSR count). The van der Waals surface area contributed by atoms with E-state index >= 15 is 0 Å². The highest BCUT2D eigenvalue weighted by Crippen LogP contribution is 2.20. The SMILES string of the molecule is COc1ccc(C[Si](OC(C)=O)(OC(C)=O)OC(C)=O)cc1. The van der Waals surface area contributed by atoms with Crippen molar-refractivity contribution in [3.8, 4) is 5.75 Å². The van der Waals surface area contributed by atoms with Crippen LogP contribution in [0.4, 0.5) is 0 Å². The first-order chi connectivity index (χ1) is 10.3. The van der Waals surface area contributed by atoms with E-state index in [1.165, 1.54) is 7.11 Å². The standard InChI is InChI=1S/C14H18O7Si/c1-10(15)19-22(20-11(2)16,21-12(3)17)9-13-5-7-14(18-4)8-6-13/h5-8H,9H2,1-4H3. The van der Waals surface area contributed by atoms with Crippen LogP contribution in [-0.2, 0) is 33.7 Å². The number of ether oxygens (including phenoxy) is 1. The second kappa shape index (κ2) is 7.60. The van der Waals surface area contributed by atoms with Gasteiger partial charge in [-0.1, -0.05) is 12.1 Å². The summed E-state index contributed by atoms with van der Waals surface area (Å²) >= 11 is 0. The van der Waals surface area contributed by atoms with Crippen LogP contribution in [0.3, 0.4) is 0 Å². The molecule has 0 aliphatic carbocycles. The average molecular weight is 326 g/mol. The molecular formula is C14H18O7Si. The normalized spacial score (nSPS) is 10.5. The minimum absolute atomic E-state index is 0.00423. The molecule has 22 heavy (non-hydrogen) atoms. The second-order valence-corrected chi connectivity index (χ2v) is 6.82. The monoisotopic (exact) mass is 326 g/mol. The van der Waals surface area contributed by atoms with Crippen molar-refractivity contribution in [2.45, 2.75) is 26.8 Å². The van der Waals surface area contributed by atoms with Gasteiger partial charge in [0, 0.05) is 20.8 Å². The molecule has 0 aromatic heterocycles. The van der Waals surface area contributed by atoms with Crippen LogP contribution in [0.2, 0.25) is 0 Å². The predicted molar refractivity (Wildman–Crippen MR) is 77.8 cm³/mol. The number of carbonyl (C=O) groups excluding carboxylic acids is 3. The number of hydrogen-bond donors (Lipinski definition) is 0. The Hall–Kier alpha value is -2.35. The van der Waals surface area contributed by atoms with Gasteiger partial charge in [-0.15, -0.1) is 0 Å². The molecule has 0 saturated carbocycles. The lowest BCUT2D eigenvalue weighted by atomic mass is 10.2. The van der Waals surface area contributed by atoms with E-state index in [0.29, 0.717) is 11.3 Å². The number of rotatable bonds is 6. The fourth-order valence-corrected chi connectivity index (χ4v) is 4.21. The van der Waals surface area contributed by atoms with Crippen LogP contribution in [0.5, 0.6) is 5.75 Å². The Morgan fingerprint density at radius 2 is 1.27 bits per heavy atom. The Morgan fingerprint density at radius 3 is 1.59 bits per heavy atom. The van der Waals surface area contributed by atoms with Gasteiger partial charge in [0.05, 0.1) is 13.2 Å². The van der Waals surface area contributed by atoms with Gasteiger partial charge in [0.2, 0.25) is 0 Å². The van der Waals surface area contributed by atoms with Crippen LogP contribution in [0.15, 0.2) is 24.3 Å². The third-order valence-corrected chi connectivity index (χ3v) is 5.11. The lowest BCUT2D eigenvalue weighted by Gasteiger charge is -2.26. The molecule has 0 aliphatic rings. The van der Waals surface area contributed by atoms with Gasteiger partial charge < -0.3 is 18.0 Å². The first-order valence-corrected chi connectivity index (χ1v) is 8.41. The summed E-state index contributed by atoms with van der Waals surface area (Å²) in [6.45, 7) is 3.47. The van der Waals surface area contributed by atoms with Gasteiger partial charge in [0.1, 0.15) is 5.75 Å². The topological polar surface area (TPSA) is 88.1 Å². The van der Waals surface area contributed by atoms with Gasteiger partial charge in [-0.2, -0.15) is 0 Å². The Labute approximate surface area is 129 Å². The molecule has 1 aromatic rings. The number of benzene rings is 1. The van der Waals surface area contributed by atoms with E-state index < -0.39 is 26.7 Å². The zero-order valence-electron chi connectivity index (χ0n) is 12.9. The Kier molecular flexibility index (Phi) is 6.11. The van der Waals surface area contributed by atoms with Crippen LogP contribution in [0.1, 0.15) is 26.3 Å². The Balaban J connectivity index is 3.10. The molecule has 0 heterocycles. The van der Waals surface area contributed by atoms with Gasteiger partial charge in [0.25, 0.3) is 17.9 Å². The smallest absolute Gasteiger partial charge is 0.497 e. The maximum Gasteiger partial charge on any atom is 0.709 e. The molecular weight excluding hydrogens is 308 g/mol. The molecule has 1 aromatic carbocycles. The minimum atomic E-state index is -3.84. The molecule has 0 aliphatic heterocycles. The molecule has 0 atom stereocenters. The maximum absolute atomic E-state index is 11.3. The van der Waals surface area contributed by atoms with E-state index in [4.69, 9.17) is 18.0 Å². The third kappa shape index (κ3) is 5.56. The highest BCUT2D eigenvalue weighted by atomic mass is 28.4. The molecule has 0 fully saturated rings. The summed E-state index contributed by atoms with van der Waals surface area (Å²) in [5, 5.41) is 0. The summed E-state index contributed by atoms with van der Waals surface area (Å²) in [5.74, 6) is -1.43. The molecule has 8 heteroatoms. The average Bonchev–Trinajstić information content (AvgIpc) is 2.36. The van der Waals surface area contributed by atoms with Crippen molar-refractivity contribution in [1.82, 2.24) is 0 Å². The van der Waals surface area contributed by atoms with E-state index in [-0.39, 0.29) is 6.04 Å². The fraction of sp³-hybridized carbons (Fsp3) is 0.357. The quantitative estimate of drug-likeness (QED) is 0.730. The van der Waals surface area contributed by atoms with Gasteiger partial charge >= 0.3 is 8.80 Å². The van der Waals surface area contributed by atoms with Crippen LogP contribution < -0.4 is 4.74 Å². The molecule has 0 spiro atoms. The summed E-state index contributed by atoms with van der Waals surface area (Å²) in [4.78, 5) is 34.0.